The molecule has 5 atom stereocenters. The van der Waals surface area contributed by atoms with Crippen molar-refractivity contribution in [3.63, 3.8) is 0 Å². The number of amides is 2. The van der Waals surface area contributed by atoms with Gasteiger partial charge in [0.2, 0.25) is 11.8 Å². The van der Waals surface area contributed by atoms with Gasteiger partial charge in [-0.1, -0.05) is 90.4 Å². The average Bonchev–Trinajstić information content (AvgIpc) is 2.99. The zero-order chi connectivity index (χ0) is 32.9. The number of nitrogens with two attached hydrogens (primary N) is 1. The number of aromatic amines is 1. The van der Waals surface area contributed by atoms with Crippen LogP contribution in [0.15, 0.2) is 21.9 Å². The number of aliphatic hydroxyl groups is 3. The summed E-state index contributed by atoms with van der Waals surface area (Å²) < 4.78 is 6.05. The van der Waals surface area contributed by atoms with Gasteiger partial charge < -0.3 is 36.0 Å². The molecule has 3 unspecified atom stereocenters. The Hall–Kier alpha value is -2.58. The number of carbonyl (C=O) groups excluding carboxylic acids is 2. The highest BCUT2D eigenvalue weighted by Crippen LogP contribution is 2.20. The molecule has 2 amide bonds. The van der Waals surface area contributed by atoms with E-state index < -0.39 is 53.8 Å². The molecule has 1 rings (SSSR count). The predicted octanol–water partition coefficient (Wildman–Crippen LogP) is 1.89. The van der Waals surface area contributed by atoms with Crippen LogP contribution in [0.2, 0.25) is 0 Å². The van der Waals surface area contributed by atoms with Crippen LogP contribution in [0.1, 0.15) is 116 Å². The first-order valence-electron chi connectivity index (χ1n) is 16.2. The Morgan fingerprint density at radius 1 is 0.955 bits per heavy atom. The normalized spacial score (nSPS) is 14.9. The minimum Gasteiger partial charge on any atom is -0.386 e. The van der Waals surface area contributed by atoms with Crippen molar-refractivity contribution in [3.05, 3.63) is 33.1 Å². The molecule has 1 aromatic rings. The van der Waals surface area contributed by atoms with Crippen molar-refractivity contribution in [1.29, 1.82) is 0 Å². The minimum absolute atomic E-state index is 0.325. The molecule has 0 aromatic carbocycles. The number of nitrogens with one attached hydrogen (secondary N) is 2. The van der Waals surface area contributed by atoms with Crippen molar-refractivity contribution >= 4 is 11.8 Å². The van der Waals surface area contributed by atoms with Crippen LogP contribution in [0.4, 0.5) is 0 Å². The lowest BCUT2D eigenvalue weighted by Gasteiger charge is -2.36. The number of rotatable bonds is 25. The molecule has 0 fully saturated rings. The summed E-state index contributed by atoms with van der Waals surface area (Å²) in [5.74, 6) is -1.20. The fourth-order valence-electron chi connectivity index (χ4n) is 5.33. The molecular formula is C31H57N5O8. The topological polar surface area (TPSA) is 200 Å². The molecular weight excluding hydrogens is 570 g/mol. The van der Waals surface area contributed by atoms with Crippen molar-refractivity contribution in [1.82, 2.24) is 19.8 Å². The monoisotopic (exact) mass is 627 g/mol. The molecule has 0 bridgehead atoms. The summed E-state index contributed by atoms with van der Waals surface area (Å²) >= 11 is 0. The molecule has 1 aromatic heterocycles. The van der Waals surface area contributed by atoms with Crippen LogP contribution in [0.25, 0.3) is 0 Å². The largest absolute Gasteiger partial charge is 0.386 e. The maximum absolute atomic E-state index is 13.3. The molecule has 0 saturated heterocycles. The molecule has 44 heavy (non-hydrogen) atoms. The van der Waals surface area contributed by atoms with Gasteiger partial charge in [-0.15, -0.1) is 0 Å². The van der Waals surface area contributed by atoms with Crippen LogP contribution in [-0.2, 0) is 14.3 Å². The molecule has 1 heterocycles. The maximum atomic E-state index is 13.3. The lowest BCUT2D eigenvalue weighted by atomic mass is 10.00. The van der Waals surface area contributed by atoms with E-state index in [9.17, 15) is 34.5 Å². The number of aliphatic hydroxyl groups excluding tert-OH is 3. The summed E-state index contributed by atoms with van der Waals surface area (Å²) in [7, 11) is 1.23. The molecule has 0 radical (unpaired) electrons. The summed E-state index contributed by atoms with van der Waals surface area (Å²) in [4.78, 5) is 52.1. The highest BCUT2D eigenvalue weighted by atomic mass is 16.5. The number of nitrogens with zero attached hydrogens (tertiary/aromatic N) is 2. The van der Waals surface area contributed by atoms with Gasteiger partial charge in [0.1, 0.15) is 18.4 Å². The van der Waals surface area contributed by atoms with Gasteiger partial charge in [-0.25, -0.2) is 4.79 Å². The van der Waals surface area contributed by atoms with Gasteiger partial charge in [0.05, 0.1) is 6.10 Å². The van der Waals surface area contributed by atoms with Crippen molar-refractivity contribution in [2.75, 3.05) is 20.2 Å². The predicted molar refractivity (Wildman–Crippen MR) is 169 cm³/mol. The van der Waals surface area contributed by atoms with Gasteiger partial charge in [-0.2, -0.15) is 0 Å². The van der Waals surface area contributed by atoms with Crippen LogP contribution < -0.4 is 22.3 Å². The second-order valence-corrected chi connectivity index (χ2v) is 11.5. The van der Waals surface area contributed by atoms with Crippen molar-refractivity contribution in [2.24, 2.45) is 5.73 Å². The van der Waals surface area contributed by atoms with Crippen molar-refractivity contribution < 1.29 is 29.6 Å². The average molecular weight is 628 g/mol. The number of unbranched alkanes of at least 4 members (excludes halogenated alkanes) is 13. The van der Waals surface area contributed by atoms with E-state index in [0.29, 0.717) is 11.1 Å². The third-order valence-electron chi connectivity index (χ3n) is 7.94. The number of methoxy groups -OCH3 is 1. The molecule has 0 aliphatic rings. The van der Waals surface area contributed by atoms with Gasteiger partial charge in [0, 0.05) is 45.8 Å². The molecule has 0 aliphatic carbocycles. The minimum atomic E-state index is -1.84. The zero-order valence-corrected chi connectivity index (χ0v) is 26.9. The van der Waals surface area contributed by atoms with E-state index in [1.165, 1.54) is 78.2 Å². The van der Waals surface area contributed by atoms with Crippen molar-refractivity contribution in [3.8, 4) is 0 Å². The highest BCUT2D eigenvalue weighted by Gasteiger charge is 2.38. The molecule has 0 spiro atoms. The number of hydrogen-bond donors (Lipinski definition) is 6. The number of aromatic nitrogens is 2. The molecule has 0 aliphatic heterocycles. The third kappa shape index (κ3) is 14.5. The Balaban J connectivity index is 2.64. The first-order chi connectivity index (χ1) is 21.1. The highest BCUT2D eigenvalue weighted by molar-refractivity contribution is 5.87. The Bertz CT molecular complexity index is 1050. The fourth-order valence-corrected chi connectivity index (χ4v) is 5.33. The van der Waals surface area contributed by atoms with Gasteiger partial charge in [0.15, 0.2) is 6.23 Å². The first kappa shape index (κ1) is 39.4. The molecule has 13 heteroatoms. The molecule has 0 saturated carbocycles. The van der Waals surface area contributed by atoms with Gasteiger partial charge in [-0.3, -0.25) is 23.9 Å². The smallest absolute Gasteiger partial charge is 0.330 e. The lowest BCUT2D eigenvalue weighted by molar-refractivity contribution is -0.156. The van der Waals surface area contributed by atoms with Crippen LogP contribution >= 0.6 is 0 Å². The number of hydrogen-bond acceptors (Lipinski definition) is 9. The number of H-pyrrole nitrogens is 1. The third-order valence-corrected chi connectivity index (χ3v) is 7.94. The van der Waals surface area contributed by atoms with E-state index in [-0.39, 0.29) is 13.0 Å². The Labute approximate surface area is 261 Å². The standard InChI is InChI=1S/C31H57N5O8/c1-4-5-6-7-8-9-10-11-12-13-14-15-16-17-19-33-29(41)24(36(23(2)37)27(39)22-32)21-25(44-3)28(40)30(42)35-20-18-26(38)34-31(35)43/h18,20,24-25,27-28,30,39-40,42H,4-17,19,21-22,32H2,1-3H3,(H,33,41)(H,34,38,43)/t24-,25?,27+,28?,30?/m0/s1. The Morgan fingerprint density at radius 2 is 1.48 bits per heavy atom. The number of ether oxygens (including phenoxy) is 1. The van der Waals surface area contributed by atoms with Gasteiger partial charge in [-0.05, 0) is 6.42 Å². The lowest BCUT2D eigenvalue weighted by Crippen LogP contribution is -2.57. The van der Waals surface area contributed by atoms with Crippen LogP contribution in [0.5, 0.6) is 0 Å². The van der Waals surface area contributed by atoms with E-state index >= 15 is 0 Å². The molecule has 7 N–H and O–H groups in total. The first-order valence-corrected chi connectivity index (χ1v) is 16.2. The van der Waals surface area contributed by atoms with Gasteiger partial charge >= 0.3 is 5.69 Å². The van der Waals surface area contributed by atoms with Crippen molar-refractivity contribution in [2.45, 2.75) is 141 Å². The molecule has 254 valence electrons. The summed E-state index contributed by atoms with van der Waals surface area (Å²) in [6.07, 6.45) is 11.3. The summed E-state index contributed by atoms with van der Waals surface area (Å²) in [5, 5.41) is 34.7. The fraction of sp³-hybridized carbons (Fsp3) is 0.806. The zero-order valence-electron chi connectivity index (χ0n) is 26.9. The van der Waals surface area contributed by atoms with E-state index in [1.807, 2.05) is 4.98 Å². The van der Waals surface area contributed by atoms with E-state index in [0.717, 1.165) is 42.8 Å². The summed E-state index contributed by atoms with van der Waals surface area (Å²) in [6, 6.07) is -0.293. The SMILES string of the molecule is CCCCCCCCCCCCCCCCNC(=O)[C@H](CC(OC)C(O)C(O)n1ccc(=O)[nH]c1=O)N(C(C)=O)[C@H](O)CN. The molecule has 13 nitrogen and oxygen atoms in total. The summed E-state index contributed by atoms with van der Waals surface area (Å²) in [6.45, 7) is 3.43. The van der Waals surface area contributed by atoms with E-state index in [4.69, 9.17) is 10.5 Å². The van der Waals surface area contributed by atoms with E-state index in [1.54, 1.807) is 0 Å². The second-order valence-electron chi connectivity index (χ2n) is 11.5. The summed E-state index contributed by atoms with van der Waals surface area (Å²) in [5.41, 5.74) is 3.96. The van der Waals surface area contributed by atoms with E-state index in [2.05, 4.69) is 12.2 Å². The van der Waals surface area contributed by atoms with Gasteiger partial charge in [0.25, 0.3) is 5.56 Å². The Morgan fingerprint density at radius 3 is 1.93 bits per heavy atom. The number of carbonyl (C=O) groups is 2. The second kappa shape index (κ2) is 22.9. The van der Waals surface area contributed by atoms with Crippen LogP contribution in [-0.4, -0.2) is 86.3 Å². The van der Waals surface area contributed by atoms with Crippen LogP contribution in [0, 0.1) is 0 Å². The quantitative estimate of drug-likeness (QED) is 0.0692. The van der Waals surface area contributed by atoms with Crippen LogP contribution in [0.3, 0.4) is 0 Å². The maximum Gasteiger partial charge on any atom is 0.330 e. The Kier molecular flexibility index (Phi) is 20.5.